The van der Waals surface area contributed by atoms with Gasteiger partial charge in [0, 0.05) is 24.7 Å². The molecule has 0 radical (unpaired) electrons. The molecule has 0 unspecified atom stereocenters. The fraction of sp³-hybridized carbons (Fsp3) is 0.300. The zero-order valence-electron chi connectivity index (χ0n) is 15.6. The Morgan fingerprint density at radius 1 is 0.964 bits per heavy atom. The minimum absolute atomic E-state index is 0.175. The normalized spacial score (nSPS) is 16.0. The average Bonchev–Trinajstić information content (AvgIpc) is 2.71. The zero-order chi connectivity index (χ0) is 19.4. The molecule has 0 bridgehead atoms. The van der Waals surface area contributed by atoms with Crippen LogP contribution in [-0.4, -0.2) is 38.6 Å². The standard InChI is InChI=1S/C20H24N8/c21-16-12-24-18(13-23-16)27-17-10-19(26-14-25-17)28-8-6-20(22,7-9-28)11-15-4-2-1-3-5-15/h1-5,10,12-14H,6-9,11,22H2,(H2,21,23)(H,24,25,26,27). The Kier molecular flexibility index (Phi) is 5.03. The van der Waals surface area contributed by atoms with Gasteiger partial charge in [0.2, 0.25) is 0 Å². The maximum Gasteiger partial charge on any atom is 0.150 e. The quantitative estimate of drug-likeness (QED) is 0.620. The lowest BCUT2D eigenvalue weighted by Gasteiger charge is -2.40. The first-order valence-corrected chi connectivity index (χ1v) is 9.34. The number of benzene rings is 1. The monoisotopic (exact) mass is 376 g/mol. The van der Waals surface area contributed by atoms with Gasteiger partial charge in [0.25, 0.3) is 0 Å². The van der Waals surface area contributed by atoms with Gasteiger partial charge in [0.05, 0.1) is 12.4 Å². The molecule has 8 heteroatoms. The number of piperidine rings is 1. The van der Waals surface area contributed by atoms with Gasteiger partial charge in [-0.15, -0.1) is 0 Å². The minimum atomic E-state index is -0.175. The van der Waals surface area contributed by atoms with Crippen LogP contribution < -0.4 is 21.7 Å². The topological polar surface area (TPSA) is 119 Å². The molecule has 1 fully saturated rings. The number of aromatic nitrogens is 4. The molecule has 4 rings (SSSR count). The van der Waals surface area contributed by atoms with Gasteiger partial charge in [0.15, 0.2) is 0 Å². The zero-order valence-corrected chi connectivity index (χ0v) is 15.6. The summed E-state index contributed by atoms with van der Waals surface area (Å²) in [5.41, 5.74) is 13.4. The van der Waals surface area contributed by atoms with Crippen LogP contribution in [0, 0.1) is 0 Å². The summed E-state index contributed by atoms with van der Waals surface area (Å²) in [6.45, 7) is 1.73. The minimum Gasteiger partial charge on any atom is -0.382 e. The van der Waals surface area contributed by atoms with Crippen LogP contribution in [0.5, 0.6) is 0 Å². The predicted molar refractivity (Wildman–Crippen MR) is 110 cm³/mol. The molecule has 1 aromatic carbocycles. The van der Waals surface area contributed by atoms with E-state index in [-0.39, 0.29) is 5.54 Å². The van der Waals surface area contributed by atoms with Gasteiger partial charge in [-0.25, -0.2) is 19.9 Å². The molecular weight excluding hydrogens is 352 g/mol. The van der Waals surface area contributed by atoms with E-state index in [1.807, 2.05) is 12.1 Å². The van der Waals surface area contributed by atoms with Gasteiger partial charge in [-0.3, -0.25) is 0 Å². The highest BCUT2D eigenvalue weighted by Crippen LogP contribution is 2.27. The molecule has 5 N–H and O–H groups in total. The number of nitrogens with zero attached hydrogens (tertiary/aromatic N) is 5. The highest BCUT2D eigenvalue weighted by Gasteiger charge is 2.31. The summed E-state index contributed by atoms with van der Waals surface area (Å²) in [6.07, 6.45) is 7.36. The van der Waals surface area contributed by atoms with Gasteiger partial charge in [-0.2, -0.15) is 0 Å². The molecule has 2 aromatic heterocycles. The fourth-order valence-corrected chi connectivity index (χ4v) is 3.48. The second kappa shape index (κ2) is 7.77. The van der Waals surface area contributed by atoms with E-state index in [1.165, 1.54) is 11.8 Å². The van der Waals surface area contributed by atoms with Crippen molar-refractivity contribution in [2.45, 2.75) is 24.8 Å². The van der Waals surface area contributed by atoms with Crippen LogP contribution in [0.4, 0.5) is 23.3 Å². The lowest BCUT2D eigenvalue weighted by atomic mass is 9.83. The van der Waals surface area contributed by atoms with Crippen molar-refractivity contribution in [3.63, 3.8) is 0 Å². The molecule has 0 aliphatic carbocycles. The van der Waals surface area contributed by atoms with Gasteiger partial charge < -0.3 is 21.7 Å². The van der Waals surface area contributed by atoms with Crippen LogP contribution >= 0.6 is 0 Å². The summed E-state index contributed by atoms with van der Waals surface area (Å²) in [6, 6.07) is 12.4. The van der Waals surface area contributed by atoms with E-state index in [2.05, 4.69) is 54.4 Å². The van der Waals surface area contributed by atoms with E-state index < -0.39 is 0 Å². The Balaban J connectivity index is 1.40. The van der Waals surface area contributed by atoms with E-state index in [9.17, 15) is 0 Å². The molecule has 28 heavy (non-hydrogen) atoms. The van der Waals surface area contributed by atoms with Crippen LogP contribution in [0.25, 0.3) is 0 Å². The van der Waals surface area contributed by atoms with E-state index in [0.717, 1.165) is 38.2 Å². The van der Waals surface area contributed by atoms with E-state index >= 15 is 0 Å². The third kappa shape index (κ3) is 4.34. The van der Waals surface area contributed by atoms with E-state index in [1.54, 1.807) is 12.5 Å². The van der Waals surface area contributed by atoms with Crippen molar-refractivity contribution in [3.8, 4) is 0 Å². The summed E-state index contributed by atoms with van der Waals surface area (Å²) >= 11 is 0. The molecule has 8 nitrogen and oxygen atoms in total. The molecule has 144 valence electrons. The highest BCUT2D eigenvalue weighted by atomic mass is 15.2. The van der Waals surface area contributed by atoms with Gasteiger partial charge in [-0.1, -0.05) is 30.3 Å². The van der Waals surface area contributed by atoms with Crippen molar-refractivity contribution in [2.24, 2.45) is 5.73 Å². The molecular formula is C20H24N8. The fourth-order valence-electron chi connectivity index (χ4n) is 3.48. The number of rotatable bonds is 5. The Morgan fingerprint density at radius 3 is 2.46 bits per heavy atom. The highest BCUT2D eigenvalue weighted by molar-refractivity contribution is 5.56. The summed E-state index contributed by atoms with van der Waals surface area (Å²) < 4.78 is 0. The molecule has 1 aliphatic rings. The van der Waals surface area contributed by atoms with E-state index in [4.69, 9.17) is 11.5 Å². The van der Waals surface area contributed by atoms with E-state index in [0.29, 0.717) is 17.5 Å². The second-order valence-corrected chi connectivity index (χ2v) is 7.22. The van der Waals surface area contributed by atoms with Crippen molar-refractivity contribution in [2.75, 3.05) is 29.0 Å². The van der Waals surface area contributed by atoms with Crippen molar-refractivity contribution >= 4 is 23.3 Å². The Hall–Kier alpha value is -3.26. The molecule has 3 heterocycles. The lowest BCUT2D eigenvalue weighted by Crippen LogP contribution is -2.52. The first-order valence-electron chi connectivity index (χ1n) is 9.34. The van der Waals surface area contributed by atoms with Crippen LogP contribution in [0.3, 0.4) is 0 Å². The SMILES string of the molecule is Nc1cnc(Nc2cc(N3CCC(N)(Cc4ccccc4)CC3)ncn2)cn1. The number of hydrogen-bond donors (Lipinski definition) is 3. The van der Waals surface area contributed by atoms with Crippen molar-refractivity contribution in [1.29, 1.82) is 0 Å². The smallest absolute Gasteiger partial charge is 0.150 e. The van der Waals surface area contributed by atoms with Crippen LogP contribution in [0.1, 0.15) is 18.4 Å². The van der Waals surface area contributed by atoms with Crippen LogP contribution in [0.15, 0.2) is 55.1 Å². The largest absolute Gasteiger partial charge is 0.382 e. The van der Waals surface area contributed by atoms with Crippen molar-refractivity contribution in [3.05, 3.63) is 60.7 Å². The van der Waals surface area contributed by atoms with Crippen LogP contribution in [0.2, 0.25) is 0 Å². The molecule has 3 aromatic rings. The summed E-state index contributed by atoms with van der Waals surface area (Å²) in [7, 11) is 0. The lowest BCUT2D eigenvalue weighted by molar-refractivity contribution is 0.330. The molecule has 0 spiro atoms. The average molecular weight is 376 g/mol. The third-order valence-corrected chi connectivity index (χ3v) is 5.06. The van der Waals surface area contributed by atoms with Crippen molar-refractivity contribution < 1.29 is 0 Å². The Bertz CT molecular complexity index is 905. The second-order valence-electron chi connectivity index (χ2n) is 7.22. The Labute approximate surface area is 164 Å². The molecule has 0 atom stereocenters. The van der Waals surface area contributed by atoms with Gasteiger partial charge in [0.1, 0.15) is 29.6 Å². The maximum atomic E-state index is 6.68. The molecule has 0 saturated carbocycles. The molecule has 0 amide bonds. The summed E-state index contributed by atoms with van der Waals surface area (Å²) in [5, 5.41) is 3.13. The summed E-state index contributed by atoms with van der Waals surface area (Å²) in [4.78, 5) is 19.1. The van der Waals surface area contributed by atoms with Gasteiger partial charge >= 0.3 is 0 Å². The first-order chi connectivity index (χ1) is 13.6. The van der Waals surface area contributed by atoms with Crippen LogP contribution in [-0.2, 0) is 6.42 Å². The number of nitrogen functional groups attached to an aromatic ring is 1. The number of nitrogens with one attached hydrogen (secondary N) is 1. The number of anilines is 4. The summed E-state index contributed by atoms with van der Waals surface area (Å²) in [5.74, 6) is 2.50. The maximum absolute atomic E-state index is 6.68. The number of nitrogens with two attached hydrogens (primary N) is 2. The molecule has 1 saturated heterocycles. The predicted octanol–water partition coefficient (Wildman–Crippen LogP) is 2.13. The van der Waals surface area contributed by atoms with Crippen molar-refractivity contribution in [1.82, 2.24) is 19.9 Å². The first kappa shape index (κ1) is 18.1. The van der Waals surface area contributed by atoms with Gasteiger partial charge in [-0.05, 0) is 24.8 Å². The Morgan fingerprint density at radius 2 is 1.75 bits per heavy atom. The number of hydrogen-bond acceptors (Lipinski definition) is 8. The molecule has 1 aliphatic heterocycles. The third-order valence-electron chi connectivity index (χ3n) is 5.06.